The van der Waals surface area contributed by atoms with Gasteiger partial charge in [-0.3, -0.25) is 24.1 Å². The van der Waals surface area contributed by atoms with Crippen LogP contribution in [0, 0.1) is 0 Å². The van der Waals surface area contributed by atoms with Crippen molar-refractivity contribution in [3.8, 4) is 11.5 Å². The van der Waals surface area contributed by atoms with E-state index in [1.165, 1.54) is 13.2 Å². The molecule has 49 heavy (non-hydrogen) atoms. The van der Waals surface area contributed by atoms with Crippen LogP contribution in [0.15, 0.2) is 24.0 Å². The Bertz CT molecular complexity index is 1610. The van der Waals surface area contributed by atoms with Crippen LogP contribution in [0.5, 0.6) is 11.5 Å². The van der Waals surface area contributed by atoms with E-state index in [9.17, 15) is 49.2 Å². The fourth-order valence-corrected chi connectivity index (χ4v) is 7.49. The van der Waals surface area contributed by atoms with E-state index in [-0.39, 0.29) is 12.2 Å². The highest BCUT2D eigenvalue weighted by molar-refractivity contribution is 5.90. The molecule has 1 aromatic rings. The standard InChI is InChI=1S/C32H39N3O14/c1-14(36)27(40)33-17(29(42)43)12-22(38)47-20-7-8-32(49-23(39)13-18(30(44)45)34-28(41)15(2)37)21-11-16-5-6-19(46-4)25-24(16)31(32,26(20)48-25)9-10-35(21)3/h5-7,14-15,17-18,21,26,36-37H,8-13H2,1-4H3,(H,33,40)(H,34,41)(H,42,43)(H,44,45)/t14-,15-,17-,18-,21+,26?,31?,32+/m0/s1. The van der Waals surface area contributed by atoms with Crippen LogP contribution in [0.25, 0.3) is 0 Å². The van der Waals surface area contributed by atoms with Gasteiger partial charge in [0, 0.05) is 12.0 Å². The normalized spacial score (nSPS) is 27.1. The maximum Gasteiger partial charge on any atom is 0.326 e. The third-order valence-corrected chi connectivity index (χ3v) is 9.78. The van der Waals surface area contributed by atoms with Gasteiger partial charge in [0.1, 0.15) is 35.7 Å². The van der Waals surface area contributed by atoms with Crippen molar-refractivity contribution in [3.63, 3.8) is 0 Å². The first kappa shape index (κ1) is 35.6. The van der Waals surface area contributed by atoms with E-state index in [0.29, 0.717) is 36.4 Å². The van der Waals surface area contributed by atoms with Crippen LogP contribution >= 0.6 is 0 Å². The summed E-state index contributed by atoms with van der Waals surface area (Å²) in [4.78, 5) is 76.8. The van der Waals surface area contributed by atoms with Gasteiger partial charge in [-0.2, -0.15) is 0 Å². The van der Waals surface area contributed by atoms with Crippen molar-refractivity contribution >= 4 is 35.7 Å². The lowest BCUT2D eigenvalue weighted by atomic mass is 9.50. The predicted molar refractivity (Wildman–Crippen MR) is 163 cm³/mol. The van der Waals surface area contributed by atoms with Crippen molar-refractivity contribution in [1.29, 1.82) is 0 Å². The number of piperidine rings is 1. The highest BCUT2D eigenvalue weighted by Gasteiger charge is 2.74. The van der Waals surface area contributed by atoms with Gasteiger partial charge in [-0.05, 0) is 58.0 Å². The van der Waals surface area contributed by atoms with Crippen LogP contribution in [0.1, 0.15) is 50.7 Å². The Labute approximate surface area is 280 Å². The fourth-order valence-electron chi connectivity index (χ4n) is 7.49. The lowest BCUT2D eigenvalue weighted by Crippen LogP contribution is -2.75. The number of esters is 2. The molecule has 4 aliphatic rings. The van der Waals surface area contributed by atoms with Crippen molar-refractivity contribution in [3.05, 3.63) is 35.1 Å². The molecular formula is C32H39N3O14. The largest absolute Gasteiger partial charge is 0.493 e. The maximum absolute atomic E-state index is 13.7. The molecule has 1 aromatic carbocycles. The topological polar surface area (TPSA) is 248 Å². The van der Waals surface area contributed by atoms with E-state index in [4.69, 9.17) is 18.9 Å². The number of nitrogens with zero attached hydrogens (tertiary/aromatic N) is 1. The molecule has 2 unspecified atom stereocenters. The van der Waals surface area contributed by atoms with E-state index in [0.717, 1.165) is 19.4 Å². The number of carboxylic acid groups (broad SMARTS) is 2. The number of amides is 2. The van der Waals surface area contributed by atoms with Crippen molar-refractivity contribution in [2.45, 2.75) is 93.4 Å². The molecule has 0 aromatic heterocycles. The Morgan fingerprint density at radius 2 is 1.57 bits per heavy atom. The molecule has 2 heterocycles. The molecule has 1 spiro atoms. The molecule has 17 heteroatoms. The van der Waals surface area contributed by atoms with Gasteiger partial charge in [-0.1, -0.05) is 6.07 Å². The van der Waals surface area contributed by atoms with E-state index in [1.807, 2.05) is 18.0 Å². The number of methoxy groups -OCH3 is 1. The molecule has 1 saturated heterocycles. The van der Waals surface area contributed by atoms with Crippen molar-refractivity contribution in [1.82, 2.24) is 15.5 Å². The number of hydrogen-bond acceptors (Lipinski definition) is 13. The number of likely N-dealkylation sites (tertiary alicyclic amines) is 1. The van der Waals surface area contributed by atoms with Crippen molar-refractivity contribution in [2.75, 3.05) is 20.7 Å². The summed E-state index contributed by atoms with van der Waals surface area (Å²) in [5.74, 6) is -6.24. The van der Waals surface area contributed by atoms with Gasteiger partial charge in [0.2, 0.25) is 11.8 Å². The van der Waals surface area contributed by atoms with Gasteiger partial charge in [0.15, 0.2) is 17.6 Å². The summed E-state index contributed by atoms with van der Waals surface area (Å²) in [6.45, 7) is 2.79. The second-order valence-electron chi connectivity index (χ2n) is 12.8. The smallest absolute Gasteiger partial charge is 0.326 e. The van der Waals surface area contributed by atoms with Gasteiger partial charge in [0.05, 0.1) is 31.4 Å². The fraction of sp³-hybridized carbons (Fsp3) is 0.562. The molecule has 17 nitrogen and oxygen atoms in total. The number of aliphatic hydroxyl groups is 2. The molecule has 0 saturated carbocycles. The molecule has 5 rings (SSSR count). The zero-order chi connectivity index (χ0) is 36.0. The first-order chi connectivity index (χ1) is 23.1. The Hall–Kier alpha value is -4.74. The van der Waals surface area contributed by atoms with Gasteiger partial charge in [-0.25, -0.2) is 9.59 Å². The van der Waals surface area contributed by atoms with Crippen LogP contribution < -0.4 is 20.1 Å². The molecule has 2 bridgehead atoms. The number of likely N-dealkylation sites (N-methyl/N-ethyl adjacent to an activating group) is 1. The third-order valence-electron chi connectivity index (χ3n) is 9.78. The summed E-state index contributed by atoms with van der Waals surface area (Å²) >= 11 is 0. The number of carboxylic acids is 2. The van der Waals surface area contributed by atoms with E-state index < -0.39 is 96.0 Å². The number of nitrogens with one attached hydrogen (secondary N) is 2. The first-order valence-corrected chi connectivity index (χ1v) is 15.7. The minimum Gasteiger partial charge on any atom is -0.493 e. The number of carbonyl (C=O) groups is 6. The number of ether oxygens (including phenoxy) is 4. The average molecular weight is 690 g/mol. The van der Waals surface area contributed by atoms with Gasteiger partial charge >= 0.3 is 23.9 Å². The molecule has 2 amide bonds. The molecular weight excluding hydrogens is 650 g/mol. The summed E-state index contributed by atoms with van der Waals surface area (Å²) in [7, 11) is 3.32. The van der Waals surface area contributed by atoms with Gasteiger partial charge in [0.25, 0.3) is 0 Å². The SMILES string of the molecule is COc1ccc2c3c1OC1C(OC(=O)C[C@H](NC(=O)[C@H](C)O)C(=O)O)=CC[C@@]4(OC(=O)C[C@H](NC(=O)[C@H](C)O)C(=O)O)[C@@H](C2)N(C)CCC314. The van der Waals surface area contributed by atoms with Crippen LogP contribution in [0.2, 0.25) is 0 Å². The Balaban J connectivity index is 1.53. The minimum atomic E-state index is -1.70. The molecule has 6 N–H and O–H groups in total. The summed E-state index contributed by atoms with van der Waals surface area (Å²) < 4.78 is 24.3. The lowest BCUT2D eigenvalue weighted by molar-refractivity contribution is -0.207. The number of carbonyl (C=O) groups excluding carboxylic acids is 4. The second-order valence-corrected chi connectivity index (χ2v) is 12.8. The monoisotopic (exact) mass is 689 g/mol. The van der Waals surface area contributed by atoms with Crippen LogP contribution in [0.4, 0.5) is 0 Å². The van der Waals surface area contributed by atoms with Crippen LogP contribution in [-0.2, 0) is 50.1 Å². The van der Waals surface area contributed by atoms with E-state index in [2.05, 4.69) is 10.6 Å². The zero-order valence-corrected chi connectivity index (χ0v) is 27.3. The number of hydrogen-bond donors (Lipinski definition) is 6. The van der Waals surface area contributed by atoms with Crippen LogP contribution in [-0.4, -0.2) is 124 Å². The molecule has 1 fully saturated rings. The average Bonchev–Trinajstić information content (AvgIpc) is 3.38. The van der Waals surface area contributed by atoms with Crippen LogP contribution in [0.3, 0.4) is 0 Å². The lowest BCUT2D eigenvalue weighted by Gasteiger charge is -2.62. The molecule has 8 atom stereocenters. The summed E-state index contributed by atoms with van der Waals surface area (Å²) in [5.41, 5.74) is -1.03. The zero-order valence-electron chi connectivity index (χ0n) is 27.3. The number of aliphatic carboxylic acids is 2. The maximum atomic E-state index is 13.7. The summed E-state index contributed by atoms with van der Waals surface area (Å²) in [6.07, 6.45) is -3.45. The molecule has 266 valence electrons. The Morgan fingerprint density at radius 1 is 0.980 bits per heavy atom. The Morgan fingerprint density at radius 3 is 2.12 bits per heavy atom. The molecule has 2 aliphatic carbocycles. The van der Waals surface area contributed by atoms with E-state index >= 15 is 0 Å². The predicted octanol–water partition coefficient (Wildman–Crippen LogP) is -1.25. The summed E-state index contributed by atoms with van der Waals surface area (Å²) in [5, 5.41) is 42.7. The highest BCUT2D eigenvalue weighted by atomic mass is 16.6. The molecule has 2 aliphatic heterocycles. The first-order valence-electron chi connectivity index (χ1n) is 15.7. The van der Waals surface area contributed by atoms with Crippen molar-refractivity contribution < 1.29 is 68.1 Å². The Kier molecular flexibility index (Phi) is 9.64. The number of aliphatic hydroxyl groups excluding tert-OH is 2. The minimum absolute atomic E-state index is 0.0182. The summed E-state index contributed by atoms with van der Waals surface area (Å²) in [6, 6.07) is -0.253. The number of rotatable bonds is 13. The van der Waals surface area contributed by atoms with E-state index in [1.54, 1.807) is 6.07 Å². The number of benzene rings is 1. The second kappa shape index (κ2) is 13.3. The highest BCUT2D eigenvalue weighted by Crippen LogP contribution is 2.66. The quantitative estimate of drug-likeness (QED) is 0.132. The van der Waals surface area contributed by atoms with Crippen molar-refractivity contribution in [2.24, 2.45) is 0 Å². The third kappa shape index (κ3) is 6.06. The molecule has 0 radical (unpaired) electrons. The van der Waals surface area contributed by atoms with Gasteiger partial charge < -0.3 is 50.0 Å². The van der Waals surface area contributed by atoms with Gasteiger partial charge in [-0.15, -0.1) is 0 Å².